The van der Waals surface area contributed by atoms with E-state index in [1.54, 1.807) is 24.3 Å². The van der Waals surface area contributed by atoms with Crippen LogP contribution in [-0.4, -0.2) is 158 Å². The van der Waals surface area contributed by atoms with Crippen LogP contribution in [-0.2, 0) is 66.5 Å². The molecule has 2 aromatic carbocycles. The van der Waals surface area contributed by atoms with Crippen LogP contribution in [0.5, 0.6) is 0 Å². The van der Waals surface area contributed by atoms with E-state index in [4.69, 9.17) is 47.4 Å². The molecule has 0 atom stereocenters. The number of cyclic esters (lactones) is 4. The summed E-state index contributed by atoms with van der Waals surface area (Å²) in [6.07, 6.45) is 2.83. The predicted octanol–water partition coefficient (Wildman–Crippen LogP) is 2.57. The van der Waals surface area contributed by atoms with Crippen LogP contribution in [0.15, 0.2) is 59.7 Å². The molecule has 0 radical (unpaired) electrons. The highest BCUT2D eigenvalue weighted by atomic mass is 16.6. The summed E-state index contributed by atoms with van der Waals surface area (Å²) in [6, 6.07) is 14.5. The molecule has 1 aliphatic heterocycles. The number of hydrogen-bond donors (Lipinski definition) is 0. The lowest BCUT2D eigenvalue weighted by Crippen LogP contribution is -2.22. The van der Waals surface area contributed by atoms with Gasteiger partial charge in [-0.05, 0) is 47.5 Å². The van der Waals surface area contributed by atoms with Crippen molar-refractivity contribution in [3.8, 4) is 0 Å². The third-order valence-electron chi connectivity index (χ3n) is 7.65. The van der Waals surface area contributed by atoms with Crippen molar-refractivity contribution in [3.63, 3.8) is 0 Å². The van der Waals surface area contributed by atoms with Crippen molar-refractivity contribution in [3.05, 3.63) is 70.8 Å². The Kier molecular flexibility index (Phi) is 21.9. The molecule has 0 aromatic heterocycles. The largest absolute Gasteiger partial charge is 0.459 e. The topological polar surface area (TPSA) is 167 Å². The molecule has 1 aliphatic rings. The van der Waals surface area contributed by atoms with Gasteiger partial charge in [0.15, 0.2) is 0 Å². The van der Waals surface area contributed by atoms with Crippen molar-refractivity contribution >= 4 is 47.4 Å². The van der Waals surface area contributed by atoms with Crippen LogP contribution in [0.3, 0.4) is 0 Å². The van der Waals surface area contributed by atoms with Crippen LogP contribution in [0, 0.1) is 0 Å². The summed E-state index contributed by atoms with van der Waals surface area (Å²) in [5.74, 6) is -3.40. The summed E-state index contributed by atoms with van der Waals surface area (Å²) in [5.41, 5.74) is 2.59. The minimum atomic E-state index is -0.850. The first-order valence-corrected chi connectivity index (χ1v) is 18.3. The van der Waals surface area contributed by atoms with Crippen LogP contribution in [0.4, 0.5) is 11.4 Å². The molecule has 0 saturated carbocycles. The smallest absolute Gasteiger partial charge is 0.345 e. The van der Waals surface area contributed by atoms with Gasteiger partial charge in [-0.1, -0.05) is 24.3 Å². The predicted molar refractivity (Wildman–Crippen MR) is 206 cm³/mol. The highest BCUT2D eigenvalue weighted by Crippen LogP contribution is 2.17. The molecule has 16 heteroatoms. The van der Waals surface area contributed by atoms with E-state index in [0.29, 0.717) is 11.1 Å². The molecular formula is C40H54N2O14. The molecule has 1 saturated heterocycles. The molecule has 1 fully saturated rings. The van der Waals surface area contributed by atoms with Crippen LogP contribution in [0.25, 0.3) is 12.2 Å². The number of esters is 4. The third-order valence-corrected chi connectivity index (χ3v) is 7.65. The fraction of sp³-hybridized carbons (Fsp3) is 0.500. The minimum Gasteiger partial charge on any atom is -0.459 e. The molecule has 3 rings (SSSR count). The highest BCUT2D eigenvalue weighted by Gasteiger charge is 2.23. The highest BCUT2D eigenvalue weighted by molar-refractivity contribution is 6.18. The second-order valence-electron chi connectivity index (χ2n) is 12.3. The Labute approximate surface area is 328 Å². The summed E-state index contributed by atoms with van der Waals surface area (Å²) in [5, 5.41) is 0. The van der Waals surface area contributed by atoms with E-state index in [0.717, 1.165) is 11.4 Å². The van der Waals surface area contributed by atoms with Crippen molar-refractivity contribution in [2.24, 2.45) is 0 Å². The number of benzene rings is 2. The van der Waals surface area contributed by atoms with Gasteiger partial charge in [-0.15, -0.1) is 0 Å². The summed E-state index contributed by atoms with van der Waals surface area (Å²) in [7, 11) is 7.63. The number of ether oxygens (including phenoxy) is 10. The van der Waals surface area contributed by atoms with Gasteiger partial charge in [-0.2, -0.15) is 0 Å². The molecule has 56 heavy (non-hydrogen) atoms. The van der Waals surface area contributed by atoms with Crippen LogP contribution < -0.4 is 9.80 Å². The average molecular weight is 787 g/mol. The molecule has 0 spiro atoms. The molecule has 16 nitrogen and oxygen atoms in total. The fourth-order valence-electron chi connectivity index (χ4n) is 4.64. The molecule has 308 valence electrons. The van der Waals surface area contributed by atoms with Crippen molar-refractivity contribution in [1.82, 2.24) is 0 Å². The summed E-state index contributed by atoms with van der Waals surface area (Å²) < 4.78 is 54.1. The second kappa shape index (κ2) is 26.9. The van der Waals surface area contributed by atoms with Gasteiger partial charge >= 0.3 is 23.9 Å². The molecule has 0 N–H and O–H groups in total. The first-order chi connectivity index (χ1) is 27.2. The van der Waals surface area contributed by atoms with Gasteiger partial charge < -0.3 is 57.2 Å². The molecule has 0 amide bonds. The van der Waals surface area contributed by atoms with E-state index in [9.17, 15) is 19.2 Å². The Bertz CT molecular complexity index is 1370. The maximum Gasteiger partial charge on any atom is 0.345 e. The molecule has 0 bridgehead atoms. The lowest BCUT2D eigenvalue weighted by atomic mass is 10.1. The van der Waals surface area contributed by atoms with E-state index in [1.807, 2.05) is 62.3 Å². The van der Waals surface area contributed by atoms with Gasteiger partial charge in [0.25, 0.3) is 0 Å². The maximum atomic E-state index is 12.9. The standard InChI is InChI=1S/C40H54N2O14/c1-41(2)33-9-5-31(6-10-33)29-35-37(43)53-25-21-49-17-13-47-15-19-51-23-27-55-39(45)36(30-32-7-11-34(12-8-32)42(3)4)40(46)56-28-24-52-20-16-48-14-18-50-22-26-54-38(35)44/h5-12,29-30H,13-28H2,1-4H3. The molecule has 1 heterocycles. The fourth-order valence-corrected chi connectivity index (χ4v) is 4.64. The quantitative estimate of drug-likeness (QED) is 0.192. The second-order valence-corrected chi connectivity index (χ2v) is 12.3. The van der Waals surface area contributed by atoms with E-state index in [2.05, 4.69) is 0 Å². The number of anilines is 2. The van der Waals surface area contributed by atoms with Gasteiger partial charge in [0.2, 0.25) is 0 Å². The first kappa shape index (κ1) is 45.5. The Morgan fingerprint density at radius 3 is 0.786 bits per heavy atom. The maximum absolute atomic E-state index is 12.9. The van der Waals surface area contributed by atoms with Crippen molar-refractivity contribution in [2.45, 2.75) is 0 Å². The van der Waals surface area contributed by atoms with E-state index in [1.165, 1.54) is 12.2 Å². The Morgan fingerprint density at radius 1 is 0.357 bits per heavy atom. The number of rotatable bonds is 4. The Balaban J connectivity index is 1.53. The third kappa shape index (κ3) is 18.2. The molecule has 0 aliphatic carbocycles. The first-order valence-electron chi connectivity index (χ1n) is 18.3. The lowest BCUT2D eigenvalue weighted by Gasteiger charge is -2.13. The number of carbonyl (C=O) groups excluding carboxylic acids is 4. The van der Waals surface area contributed by atoms with E-state index in [-0.39, 0.29) is 117 Å². The van der Waals surface area contributed by atoms with Crippen molar-refractivity contribution < 1.29 is 66.5 Å². The van der Waals surface area contributed by atoms with Crippen LogP contribution in [0.2, 0.25) is 0 Å². The molecule has 0 unspecified atom stereocenters. The van der Waals surface area contributed by atoms with Gasteiger partial charge in [0.05, 0.1) is 79.3 Å². The average Bonchev–Trinajstić information content (AvgIpc) is 3.19. The van der Waals surface area contributed by atoms with Crippen molar-refractivity contribution in [2.75, 3.05) is 144 Å². The SMILES string of the molecule is CN(C)c1ccc(C=C2C(=O)OCCOCCOCCOCCOC(=O)C(=Cc3ccc(N(C)C)cc3)C(=O)OCCOCCOCCOCCOC2=O)cc1. The molecule has 2 aromatic rings. The number of nitrogens with zero attached hydrogens (tertiary/aromatic N) is 2. The normalized spacial score (nSPS) is 18.1. The van der Waals surface area contributed by atoms with Gasteiger partial charge in [-0.25, -0.2) is 19.2 Å². The van der Waals surface area contributed by atoms with Crippen LogP contribution >= 0.6 is 0 Å². The zero-order valence-electron chi connectivity index (χ0n) is 32.7. The van der Waals surface area contributed by atoms with Crippen molar-refractivity contribution in [1.29, 1.82) is 0 Å². The van der Waals surface area contributed by atoms with E-state index >= 15 is 0 Å². The summed E-state index contributed by atoms with van der Waals surface area (Å²) >= 11 is 0. The monoisotopic (exact) mass is 786 g/mol. The number of carbonyl (C=O) groups is 4. The lowest BCUT2D eigenvalue weighted by molar-refractivity contribution is -0.150. The van der Waals surface area contributed by atoms with Gasteiger partial charge in [-0.3, -0.25) is 0 Å². The molecular weight excluding hydrogens is 732 g/mol. The Morgan fingerprint density at radius 2 is 0.571 bits per heavy atom. The van der Waals surface area contributed by atoms with E-state index < -0.39 is 23.9 Å². The minimum absolute atomic E-state index is 0.0736. The van der Waals surface area contributed by atoms with Gasteiger partial charge in [0, 0.05) is 39.6 Å². The van der Waals surface area contributed by atoms with Crippen LogP contribution in [0.1, 0.15) is 11.1 Å². The number of hydrogen-bond acceptors (Lipinski definition) is 16. The Hall–Kier alpha value is -4.84. The summed E-state index contributed by atoms with van der Waals surface area (Å²) in [6.45, 7) is 1.76. The zero-order valence-corrected chi connectivity index (χ0v) is 32.7. The van der Waals surface area contributed by atoms with Gasteiger partial charge in [0.1, 0.15) is 37.6 Å². The zero-order chi connectivity index (χ0) is 40.4. The summed E-state index contributed by atoms with van der Waals surface area (Å²) in [4.78, 5) is 55.6.